The monoisotopic (exact) mass is 194 g/mol. The third-order valence-corrected chi connectivity index (χ3v) is 2.87. The topological polar surface area (TPSA) is 15.3 Å². The first kappa shape index (κ1) is 11.6. The van der Waals surface area contributed by atoms with E-state index in [0.29, 0.717) is 0 Å². The lowest BCUT2D eigenvalue weighted by Crippen LogP contribution is -2.34. The van der Waals surface area contributed by atoms with Crippen LogP contribution in [0.3, 0.4) is 0 Å². The smallest absolute Gasteiger partial charge is 0.0596 e. The number of piperidine rings is 1. The summed E-state index contributed by atoms with van der Waals surface area (Å²) >= 11 is 0. The maximum Gasteiger partial charge on any atom is 0.0596 e. The molecule has 0 aromatic carbocycles. The lowest BCUT2D eigenvalue weighted by Gasteiger charge is -2.24. The van der Waals surface area contributed by atoms with Crippen molar-refractivity contribution in [2.75, 3.05) is 26.7 Å². The Kier molecular flexibility index (Phi) is 5.66. The fourth-order valence-electron chi connectivity index (χ4n) is 2.01. The summed E-state index contributed by atoms with van der Waals surface area (Å²) in [6, 6.07) is 0.767. The van der Waals surface area contributed by atoms with Crippen molar-refractivity contribution in [3.63, 3.8) is 0 Å². The minimum absolute atomic E-state index is 0.767. The molecule has 1 unspecified atom stereocenters. The summed E-state index contributed by atoms with van der Waals surface area (Å²) in [6.07, 6.45) is 11.9. The van der Waals surface area contributed by atoms with Crippen molar-refractivity contribution < 1.29 is 0 Å². The zero-order valence-corrected chi connectivity index (χ0v) is 9.26. The Hall–Kier alpha value is -0.520. The summed E-state index contributed by atoms with van der Waals surface area (Å²) in [5.41, 5.74) is 0. The summed E-state index contributed by atoms with van der Waals surface area (Å²) in [7, 11) is 2.09. The first-order valence-electron chi connectivity index (χ1n) is 5.68. The average molecular weight is 194 g/mol. The molecule has 1 aliphatic rings. The van der Waals surface area contributed by atoms with Crippen molar-refractivity contribution >= 4 is 0 Å². The van der Waals surface area contributed by atoms with Gasteiger partial charge in [0.15, 0.2) is 0 Å². The van der Waals surface area contributed by atoms with Gasteiger partial charge in [-0.15, -0.1) is 6.42 Å². The molecule has 0 aromatic rings. The maximum absolute atomic E-state index is 5.24. The molecule has 1 fully saturated rings. The number of rotatable bonds is 5. The largest absolute Gasteiger partial charge is 0.314 e. The van der Waals surface area contributed by atoms with E-state index >= 15 is 0 Å². The van der Waals surface area contributed by atoms with Crippen LogP contribution in [0, 0.1) is 12.3 Å². The summed E-state index contributed by atoms with van der Waals surface area (Å²) < 4.78 is 0. The Balaban J connectivity index is 2.00. The molecule has 0 radical (unpaired) electrons. The number of nitrogens with zero attached hydrogens (tertiary/aromatic N) is 1. The summed E-state index contributed by atoms with van der Waals surface area (Å²) in [5, 5.41) is 3.57. The van der Waals surface area contributed by atoms with E-state index in [2.05, 4.69) is 23.2 Å². The molecule has 1 aliphatic heterocycles. The Morgan fingerprint density at radius 2 is 2.36 bits per heavy atom. The Bertz CT molecular complexity index is 177. The van der Waals surface area contributed by atoms with E-state index in [4.69, 9.17) is 6.42 Å². The standard InChI is InChI=1S/C12H22N2/c1-3-10-14(2)11-6-8-12-7-4-5-9-13-12/h1,12-13H,4-11H2,2H3. The van der Waals surface area contributed by atoms with Gasteiger partial charge >= 0.3 is 0 Å². The van der Waals surface area contributed by atoms with Gasteiger partial charge in [-0.2, -0.15) is 0 Å². The summed E-state index contributed by atoms with van der Waals surface area (Å²) in [4.78, 5) is 2.21. The predicted octanol–water partition coefficient (Wildman–Crippen LogP) is 1.47. The molecule has 1 saturated heterocycles. The molecule has 80 valence electrons. The third-order valence-electron chi connectivity index (χ3n) is 2.87. The lowest BCUT2D eigenvalue weighted by molar-refractivity contribution is 0.326. The van der Waals surface area contributed by atoms with Crippen LogP contribution in [0.2, 0.25) is 0 Å². The van der Waals surface area contributed by atoms with E-state index < -0.39 is 0 Å². The predicted molar refractivity (Wildman–Crippen MR) is 61.2 cm³/mol. The molecule has 0 aromatic heterocycles. The van der Waals surface area contributed by atoms with Gasteiger partial charge in [-0.25, -0.2) is 0 Å². The van der Waals surface area contributed by atoms with E-state index in [1.807, 2.05) is 0 Å². The Labute approximate surface area is 88.1 Å². The van der Waals surface area contributed by atoms with Crippen molar-refractivity contribution in [1.29, 1.82) is 0 Å². The van der Waals surface area contributed by atoms with Crippen LogP contribution in [0.1, 0.15) is 32.1 Å². The zero-order chi connectivity index (χ0) is 10.2. The second-order valence-corrected chi connectivity index (χ2v) is 4.23. The molecule has 0 saturated carbocycles. The SMILES string of the molecule is C#CCN(C)CCCC1CCCCN1. The highest BCUT2D eigenvalue weighted by Crippen LogP contribution is 2.11. The van der Waals surface area contributed by atoms with Crippen LogP contribution in [0.5, 0.6) is 0 Å². The van der Waals surface area contributed by atoms with Crippen molar-refractivity contribution in [2.45, 2.75) is 38.1 Å². The van der Waals surface area contributed by atoms with Crippen LogP contribution in [-0.4, -0.2) is 37.6 Å². The van der Waals surface area contributed by atoms with E-state index in [0.717, 1.165) is 19.1 Å². The summed E-state index contributed by atoms with van der Waals surface area (Å²) in [5.74, 6) is 2.67. The highest BCUT2D eigenvalue weighted by molar-refractivity contribution is 4.87. The van der Waals surface area contributed by atoms with Gasteiger partial charge in [-0.1, -0.05) is 12.3 Å². The second-order valence-electron chi connectivity index (χ2n) is 4.23. The third kappa shape index (κ3) is 4.64. The maximum atomic E-state index is 5.24. The van der Waals surface area contributed by atoms with Crippen LogP contribution >= 0.6 is 0 Å². The molecular weight excluding hydrogens is 172 g/mol. The van der Waals surface area contributed by atoms with Gasteiger partial charge in [-0.3, -0.25) is 4.90 Å². The highest BCUT2D eigenvalue weighted by atomic mass is 15.1. The average Bonchev–Trinajstić information content (AvgIpc) is 2.20. The van der Waals surface area contributed by atoms with Gasteiger partial charge in [0.25, 0.3) is 0 Å². The van der Waals surface area contributed by atoms with Crippen LogP contribution < -0.4 is 5.32 Å². The van der Waals surface area contributed by atoms with Crippen molar-refractivity contribution in [3.05, 3.63) is 0 Å². The second kappa shape index (κ2) is 6.86. The quantitative estimate of drug-likeness (QED) is 0.667. The fraction of sp³-hybridized carbons (Fsp3) is 0.833. The van der Waals surface area contributed by atoms with Gasteiger partial charge in [0, 0.05) is 6.04 Å². The first-order valence-corrected chi connectivity index (χ1v) is 5.68. The van der Waals surface area contributed by atoms with Gasteiger partial charge in [0.2, 0.25) is 0 Å². The molecule has 2 nitrogen and oxygen atoms in total. The van der Waals surface area contributed by atoms with E-state index in [9.17, 15) is 0 Å². The van der Waals surface area contributed by atoms with Crippen molar-refractivity contribution in [2.24, 2.45) is 0 Å². The van der Waals surface area contributed by atoms with E-state index in [1.165, 1.54) is 38.6 Å². The molecule has 0 spiro atoms. The lowest BCUT2D eigenvalue weighted by atomic mass is 10.0. The molecule has 0 bridgehead atoms. The van der Waals surface area contributed by atoms with Gasteiger partial charge < -0.3 is 5.32 Å². The molecule has 0 aliphatic carbocycles. The van der Waals surface area contributed by atoms with Gasteiger partial charge in [0.05, 0.1) is 6.54 Å². The van der Waals surface area contributed by atoms with Gasteiger partial charge in [-0.05, 0) is 45.8 Å². The minimum atomic E-state index is 0.767. The number of terminal acetylenes is 1. The van der Waals surface area contributed by atoms with Crippen LogP contribution in [0.4, 0.5) is 0 Å². The molecule has 1 rings (SSSR count). The molecular formula is C12H22N2. The minimum Gasteiger partial charge on any atom is -0.314 e. The zero-order valence-electron chi connectivity index (χ0n) is 9.26. The normalized spacial score (nSPS) is 22.2. The molecule has 2 heteroatoms. The van der Waals surface area contributed by atoms with Gasteiger partial charge in [0.1, 0.15) is 0 Å². The number of nitrogens with one attached hydrogen (secondary N) is 1. The molecule has 0 amide bonds. The van der Waals surface area contributed by atoms with E-state index in [1.54, 1.807) is 0 Å². The van der Waals surface area contributed by atoms with Crippen LogP contribution in [0.15, 0.2) is 0 Å². The van der Waals surface area contributed by atoms with E-state index in [-0.39, 0.29) is 0 Å². The Morgan fingerprint density at radius 1 is 1.50 bits per heavy atom. The molecule has 1 atom stereocenters. The van der Waals surface area contributed by atoms with Crippen molar-refractivity contribution in [1.82, 2.24) is 10.2 Å². The first-order chi connectivity index (χ1) is 6.83. The Morgan fingerprint density at radius 3 is 3.00 bits per heavy atom. The van der Waals surface area contributed by atoms with Crippen LogP contribution in [-0.2, 0) is 0 Å². The number of hydrogen-bond donors (Lipinski definition) is 1. The molecule has 1 N–H and O–H groups in total. The highest BCUT2D eigenvalue weighted by Gasteiger charge is 2.11. The number of hydrogen-bond acceptors (Lipinski definition) is 2. The fourth-order valence-corrected chi connectivity index (χ4v) is 2.01. The molecule has 14 heavy (non-hydrogen) atoms. The summed E-state index contributed by atoms with van der Waals surface area (Å²) in [6.45, 7) is 3.12. The molecule has 1 heterocycles. The van der Waals surface area contributed by atoms with Crippen molar-refractivity contribution in [3.8, 4) is 12.3 Å². The van der Waals surface area contributed by atoms with Crippen LogP contribution in [0.25, 0.3) is 0 Å².